The highest BCUT2D eigenvalue weighted by atomic mass is 28.3. The van der Waals surface area contributed by atoms with Crippen molar-refractivity contribution in [1.29, 1.82) is 0 Å². The Labute approximate surface area is 99.7 Å². The maximum atomic E-state index is 5.62. The molecule has 0 N–H and O–H groups in total. The first-order chi connectivity index (χ1) is 7.18. The summed E-state index contributed by atoms with van der Waals surface area (Å²) in [5.74, 6) is 4.41. The van der Waals surface area contributed by atoms with Gasteiger partial charge in [0.2, 0.25) is 0 Å². The molecule has 0 radical (unpaired) electrons. The van der Waals surface area contributed by atoms with Crippen LogP contribution in [0, 0.1) is 29.2 Å². The zero-order chi connectivity index (χ0) is 12.4. The third kappa shape index (κ3) is 3.68. The fourth-order valence-corrected chi connectivity index (χ4v) is 1.68. The van der Waals surface area contributed by atoms with E-state index in [0.717, 1.165) is 0 Å². The topological polar surface area (TPSA) is 18.5 Å². The van der Waals surface area contributed by atoms with E-state index < -0.39 is 13.9 Å². The minimum atomic E-state index is -1.46. The minimum absolute atomic E-state index is 0.0151. The van der Waals surface area contributed by atoms with E-state index >= 15 is 0 Å². The summed E-state index contributed by atoms with van der Waals surface area (Å²) in [7, 11) is -1.46. The molecule has 0 aromatic heterocycles. The van der Waals surface area contributed by atoms with E-state index in [9.17, 15) is 0 Å². The first-order valence-electron chi connectivity index (χ1n) is 5.48. The highest BCUT2D eigenvalue weighted by molar-refractivity contribution is 6.83. The molecule has 16 heavy (non-hydrogen) atoms. The van der Waals surface area contributed by atoms with Gasteiger partial charge in [0.05, 0.1) is 13.2 Å². The molecular formula is C13H20O2Si. The molecule has 0 saturated carbocycles. The number of rotatable bonds is 0. The number of terminal acetylenes is 1. The van der Waals surface area contributed by atoms with Crippen molar-refractivity contribution in [1.82, 2.24) is 0 Å². The van der Waals surface area contributed by atoms with Crippen LogP contribution in [0.2, 0.25) is 19.6 Å². The summed E-state index contributed by atoms with van der Waals surface area (Å²) in [4.78, 5) is 0. The lowest BCUT2D eigenvalue weighted by Crippen LogP contribution is -2.46. The predicted octanol–water partition coefficient (Wildman–Crippen LogP) is 2.27. The highest BCUT2D eigenvalue weighted by Crippen LogP contribution is 2.28. The molecule has 0 unspecified atom stereocenters. The van der Waals surface area contributed by atoms with E-state index in [2.05, 4.69) is 50.9 Å². The first kappa shape index (κ1) is 13.3. The Morgan fingerprint density at radius 2 is 1.62 bits per heavy atom. The molecule has 1 fully saturated rings. The van der Waals surface area contributed by atoms with Gasteiger partial charge in [-0.2, -0.15) is 0 Å². The summed E-state index contributed by atoms with van der Waals surface area (Å²) < 4.78 is 11.2. The quantitative estimate of drug-likeness (QED) is 0.474. The van der Waals surface area contributed by atoms with Gasteiger partial charge in [0.25, 0.3) is 5.79 Å². The fraction of sp³-hybridized carbons (Fsp3) is 0.692. The van der Waals surface area contributed by atoms with Crippen molar-refractivity contribution < 1.29 is 9.47 Å². The van der Waals surface area contributed by atoms with Gasteiger partial charge in [-0.1, -0.05) is 33.5 Å². The van der Waals surface area contributed by atoms with Gasteiger partial charge in [-0.15, -0.1) is 12.0 Å². The van der Waals surface area contributed by atoms with Crippen LogP contribution in [-0.2, 0) is 9.47 Å². The fourth-order valence-electron chi connectivity index (χ4n) is 1.14. The molecule has 0 spiro atoms. The van der Waals surface area contributed by atoms with Gasteiger partial charge < -0.3 is 9.47 Å². The van der Waals surface area contributed by atoms with Gasteiger partial charge in [0.1, 0.15) is 8.07 Å². The van der Waals surface area contributed by atoms with Gasteiger partial charge in [0, 0.05) is 5.41 Å². The lowest BCUT2D eigenvalue weighted by molar-refractivity contribution is -0.234. The molecule has 2 nitrogen and oxygen atoms in total. The van der Waals surface area contributed by atoms with Crippen LogP contribution < -0.4 is 0 Å². The molecule has 0 amide bonds. The summed E-state index contributed by atoms with van der Waals surface area (Å²) in [6.07, 6.45) is 5.47. The Morgan fingerprint density at radius 1 is 1.12 bits per heavy atom. The van der Waals surface area contributed by atoms with Crippen molar-refractivity contribution in [2.75, 3.05) is 13.2 Å². The van der Waals surface area contributed by atoms with Crippen molar-refractivity contribution in [2.24, 2.45) is 5.41 Å². The molecule has 1 heterocycles. The van der Waals surface area contributed by atoms with E-state index in [1.165, 1.54) is 0 Å². The van der Waals surface area contributed by atoms with Crippen molar-refractivity contribution in [3.05, 3.63) is 0 Å². The molecule has 3 heteroatoms. The molecule has 0 aliphatic carbocycles. The predicted molar refractivity (Wildman–Crippen MR) is 68.4 cm³/mol. The average Bonchev–Trinajstić information content (AvgIpc) is 2.16. The molecule has 1 saturated heterocycles. The smallest absolute Gasteiger partial charge is 0.299 e. The lowest BCUT2D eigenvalue weighted by Gasteiger charge is -2.37. The van der Waals surface area contributed by atoms with Crippen LogP contribution in [-0.4, -0.2) is 27.1 Å². The molecule has 88 valence electrons. The molecule has 1 aliphatic rings. The van der Waals surface area contributed by atoms with Crippen molar-refractivity contribution in [3.8, 4) is 23.8 Å². The molecule has 0 aromatic rings. The molecule has 1 rings (SSSR count). The Balaban J connectivity index is 2.83. The van der Waals surface area contributed by atoms with Crippen LogP contribution in [0.15, 0.2) is 0 Å². The molecule has 0 bridgehead atoms. The number of hydrogen-bond donors (Lipinski definition) is 0. The zero-order valence-electron chi connectivity index (χ0n) is 10.8. The van der Waals surface area contributed by atoms with Crippen LogP contribution in [0.4, 0.5) is 0 Å². The van der Waals surface area contributed by atoms with Crippen LogP contribution in [0.25, 0.3) is 0 Å². The van der Waals surface area contributed by atoms with Crippen LogP contribution in [0.1, 0.15) is 13.8 Å². The first-order valence-corrected chi connectivity index (χ1v) is 8.98. The van der Waals surface area contributed by atoms with E-state index in [-0.39, 0.29) is 5.41 Å². The standard InChI is InChI=1S/C13H20O2Si/c1-7-13(8-9-16(4,5)6)14-10-12(2,3)11-15-13/h1H,10-11H2,2-6H3. The zero-order valence-corrected chi connectivity index (χ0v) is 11.8. The lowest BCUT2D eigenvalue weighted by atomic mass is 9.95. The second-order valence-electron chi connectivity index (χ2n) is 6.00. The Morgan fingerprint density at radius 3 is 2.00 bits per heavy atom. The summed E-state index contributed by atoms with van der Waals surface area (Å²) >= 11 is 0. The largest absolute Gasteiger partial charge is 0.329 e. The van der Waals surface area contributed by atoms with E-state index in [1.54, 1.807) is 0 Å². The minimum Gasteiger partial charge on any atom is -0.329 e. The van der Waals surface area contributed by atoms with Gasteiger partial charge >= 0.3 is 0 Å². The van der Waals surface area contributed by atoms with Crippen molar-refractivity contribution in [2.45, 2.75) is 39.3 Å². The Kier molecular flexibility index (Phi) is 3.55. The molecule has 0 aromatic carbocycles. The number of hydrogen-bond acceptors (Lipinski definition) is 2. The van der Waals surface area contributed by atoms with Gasteiger partial charge in [-0.3, -0.25) is 0 Å². The Hall–Kier alpha value is -0.743. The van der Waals surface area contributed by atoms with Gasteiger partial charge in [-0.25, -0.2) is 0 Å². The van der Waals surface area contributed by atoms with Crippen molar-refractivity contribution >= 4 is 8.07 Å². The summed E-state index contributed by atoms with van der Waals surface area (Å²) in [5.41, 5.74) is 3.22. The molecule has 1 aliphatic heterocycles. The summed E-state index contributed by atoms with van der Waals surface area (Å²) in [6, 6.07) is 0. The van der Waals surface area contributed by atoms with Crippen LogP contribution >= 0.6 is 0 Å². The Bertz CT molecular complexity index is 350. The SMILES string of the molecule is C#CC1(C#C[Si](C)(C)C)OCC(C)(C)CO1. The van der Waals surface area contributed by atoms with Gasteiger partial charge in [-0.05, 0) is 11.8 Å². The second-order valence-corrected chi connectivity index (χ2v) is 10.8. The normalized spacial score (nSPS) is 22.8. The van der Waals surface area contributed by atoms with E-state index in [0.29, 0.717) is 13.2 Å². The monoisotopic (exact) mass is 236 g/mol. The van der Waals surface area contributed by atoms with E-state index in [4.69, 9.17) is 15.9 Å². The molecule has 0 atom stereocenters. The summed E-state index contributed by atoms with van der Waals surface area (Å²) in [5, 5.41) is 0. The summed E-state index contributed by atoms with van der Waals surface area (Å²) in [6.45, 7) is 11.8. The average molecular weight is 236 g/mol. The number of ether oxygens (including phenoxy) is 2. The highest BCUT2D eigenvalue weighted by Gasteiger charge is 2.38. The molecular weight excluding hydrogens is 216 g/mol. The van der Waals surface area contributed by atoms with Gasteiger partial charge in [0.15, 0.2) is 0 Å². The van der Waals surface area contributed by atoms with Crippen molar-refractivity contribution in [3.63, 3.8) is 0 Å². The van der Waals surface area contributed by atoms with Crippen LogP contribution in [0.3, 0.4) is 0 Å². The third-order valence-corrected chi connectivity index (χ3v) is 3.00. The van der Waals surface area contributed by atoms with Crippen LogP contribution in [0.5, 0.6) is 0 Å². The second kappa shape index (κ2) is 4.26. The maximum Gasteiger partial charge on any atom is 0.299 e. The maximum absolute atomic E-state index is 5.62. The van der Waals surface area contributed by atoms with E-state index in [1.807, 2.05) is 0 Å². The third-order valence-electron chi connectivity index (χ3n) is 2.12.